The van der Waals surface area contributed by atoms with Gasteiger partial charge in [-0.3, -0.25) is 4.90 Å². The quantitative estimate of drug-likeness (QED) is 0.941. The Hall–Kier alpha value is -1.58. The van der Waals surface area contributed by atoms with Gasteiger partial charge in [-0.2, -0.15) is 0 Å². The van der Waals surface area contributed by atoms with Gasteiger partial charge in [-0.25, -0.2) is 0 Å². The maximum Gasteiger partial charge on any atom is 0.126 e. The topological polar surface area (TPSA) is 38.5 Å². The summed E-state index contributed by atoms with van der Waals surface area (Å²) in [5.74, 6) is 0.947. The van der Waals surface area contributed by atoms with Gasteiger partial charge in [0.25, 0.3) is 0 Å². The van der Waals surface area contributed by atoms with Gasteiger partial charge in [-0.1, -0.05) is 30.3 Å². The zero-order valence-corrected chi connectivity index (χ0v) is 12.9. The Labute approximate surface area is 126 Å². The Kier molecular flexibility index (Phi) is 4.13. The third-order valence-electron chi connectivity index (χ3n) is 4.62. The van der Waals surface area contributed by atoms with Crippen molar-refractivity contribution >= 4 is 10.8 Å². The Balaban J connectivity index is 1.91. The van der Waals surface area contributed by atoms with Crippen LogP contribution < -0.4 is 10.5 Å². The molecule has 1 saturated heterocycles. The number of ether oxygens (including phenoxy) is 1. The fraction of sp³-hybridized carbons (Fsp3) is 0.444. The Morgan fingerprint density at radius 3 is 2.67 bits per heavy atom. The van der Waals surface area contributed by atoms with Crippen molar-refractivity contribution in [3.05, 3.63) is 42.0 Å². The number of nitrogens with zero attached hydrogens (tertiary/aromatic N) is 1. The van der Waals surface area contributed by atoms with Crippen LogP contribution in [-0.2, 0) is 6.54 Å². The predicted octanol–water partition coefficient (Wildman–Crippen LogP) is 3.16. The Morgan fingerprint density at radius 1 is 1.19 bits per heavy atom. The molecule has 0 unspecified atom stereocenters. The minimum atomic E-state index is 0.365. The van der Waals surface area contributed by atoms with E-state index in [1.54, 1.807) is 7.11 Å². The van der Waals surface area contributed by atoms with Gasteiger partial charge < -0.3 is 10.5 Å². The Morgan fingerprint density at radius 2 is 1.95 bits per heavy atom. The lowest BCUT2D eigenvalue weighted by molar-refractivity contribution is 0.140. The van der Waals surface area contributed by atoms with E-state index >= 15 is 0 Å². The zero-order chi connectivity index (χ0) is 14.8. The van der Waals surface area contributed by atoms with E-state index < -0.39 is 0 Å². The van der Waals surface area contributed by atoms with Crippen molar-refractivity contribution in [3.8, 4) is 5.75 Å². The highest BCUT2D eigenvalue weighted by Crippen LogP contribution is 2.30. The van der Waals surface area contributed by atoms with Crippen LogP contribution in [0.15, 0.2) is 36.4 Å². The molecule has 3 nitrogen and oxygen atoms in total. The minimum Gasteiger partial charge on any atom is -0.496 e. The lowest BCUT2D eigenvalue weighted by Gasteiger charge is -2.36. The molecule has 2 N–H and O–H groups in total. The number of piperidine rings is 1. The Bertz CT molecular complexity index is 626. The average Bonchev–Trinajstić information content (AvgIpc) is 2.50. The summed E-state index contributed by atoms with van der Waals surface area (Å²) in [6.45, 7) is 4.35. The van der Waals surface area contributed by atoms with Gasteiger partial charge in [0.05, 0.1) is 7.11 Å². The summed E-state index contributed by atoms with van der Waals surface area (Å²) < 4.78 is 5.48. The van der Waals surface area contributed by atoms with Crippen LogP contribution in [0.4, 0.5) is 0 Å². The molecule has 1 aliphatic rings. The van der Waals surface area contributed by atoms with E-state index in [4.69, 9.17) is 10.5 Å². The number of nitrogens with two attached hydrogens (primary N) is 1. The second-order valence-electron chi connectivity index (χ2n) is 6.08. The van der Waals surface area contributed by atoms with Crippen molar-refractivity contribution in [2.75, 3.05) is 13.7 Å². The van der Waals surface area contributed by atoms with Gasteiger partial charge in [-0.05, 0) is 36.8 Å². The SMILES string of the molecule is COc1ccc(CN2CC[C@H](N)C[C@H]2C)c2ccccc12. The molecule has 0 aliphatic carbocycles. The van der Waals surface area contributed by atoms with Crippen LogP contribution in [0.25, 0.3) is 10.8 Å². The van der Waals surface area contributed by atoms with Gasteiger partial charge in [0.2, 0.25) is 0 Å². The van der Waals surface area contributed by atoms with Gasteiger partial charge in [-0.15, -0.1) is 0 Å². The summed E-state index contributed by atoms with van der Waals surface area (Å²) in [6.07, 6.45) is 2.19. The van der Waals surface area contributed by atoms with Crippen LogP contribution in [0, 0.1) is 0 Å². The number of fused-ring (bicyclic) bond motifs is 1. The van der Waals surface area contributed by atoms with Gasteiger partial charge in [0.15, 0.2) is 0 Å². The largest absolute Gasteiger partial charge is 0.496 e. The molecular weight excluding hydrogens is 260 g/mol. The molecule has 3 rings (SSSR count). The molecule has 0 amide bonds. The summed E-state index contributed by atoms with van der Waals surface area (Å²) in [4.78, 5) is 2.54. The van der Waals surface area contributed by atoms with E-state index in [2.05, 4.69) is 48.2 Å². The molecular formula is C18H24N2O. The maximum absolute atomic E-state index is 6.07. The number of methoxy groups -OCH3 is 1. The highest BCUT2D eigenvalue weighted by atomic mass is 16.5. The van der Waals surface area contributed by atoms with Crippen LogP contribution >= 0.6 is 0 Å². The van der Waals surface area contributed by atoms with Crippen molar-refractivity contribution in [2.24, 2.45) is 5.73 Å². The first kappa shape index (κ1) is 14.4. The monoisotopic (exact) mass is 284 g/mol. The first-order chi connectivity index (χ1) is 10.2. The highest BCUT2D eigenvalue weighted by Gasteiger charge is 2.23. The summed E-state index contributed by atoms with van der Waals surface area (Å²) in [5.41, 5.74) is 7.44. The molecule has 2 atom stereocenters. The fourth-order valence-electron chi connectivity index (χ4n) is 3.36. The minimum absolute atomic E-state index is 0.365. The van der Waals surface area contributed by atoms with Crippen molar-refractivity contribution in [1.29, 1.82) is 0 Å². The van der Waals surface area contributed by atoms with Crippen molar-refractivity contribution in [3.63, 3.8) is 0 Å². The van der Waals surface area contributed by atoms with Gasteiger partial charge in [0.1, 0.15) is 5.75 Å². The predicted molar refractivity (Wildman–Crippen MR) is 87.6 cm³/mol. The molecule has 112 valence electrons. The van der Waals surface area contributed by atoms with E-state index in [-0.39, 0.29) is 0 Å². The molecule has 0 aromatic heterocycles. The van der Waals surface area contributed by atoms with Crippen LogP contribution in [-0.4, -0.2) is 30.6 Å². The lowest BCUT2D eigenvalue weighted by atomic mass is 9.97. The van der Waals surface area contributed by atoms with E-state index in [1.165, 1.54) is 16.3 Å². The van der Waals surface area contributed by atoms with Crippen LogP contribution in [0.3, 0.4) is 0 Å². The van der Waals surface area contributed by atoms with Crippen LogP contribution in [0.1, 0.15) is 25.3 Å². The number of hydrogen-bond acceptors (Lipinski definition) is 3. The van der Waals surface area contributed by atoms with Crippen molar-refractivity contribution in [2.45, 2.75) is 38.4 Å². The summed E-state index contributed by atoms with van der Waals surface area (Å²) in [7, 11) is 1.73. The highest BCUT2D eigenvalue weighted by molar-refractivity contribution is 5.91. The second-order valence-corrected chi connectivity index (χ2v) is 6.08. The summed E-state index contributed by atoms with van der Waals surface area (Å²) in [5, 5.41) is 2.48. The fourth-order valence-corrected chi connectivity index (χ4v) is 3.36. The van der Waals surface area contributed by atoms with E-state index in [0.29, 0.717) is 12.1 Å². The lowest BCUT2D eigenvalue weighted by Crippen LogP contribution is -2.44. The van der Waals surface area contributed by atoms with E-state index in [1.807, 2.05) is 0 Å². The van der Waals surface area contributed by atoms with E-state index in [0.717, 1.165) is 31.7 Å². The van der Waals surface area contributed by atoms with E-state index in [9.17, 15) is 0 Å². The second kappa shape index (κ2) is 6.04. The third-order valence-corrected chi connectivity index (χ3v) is 4.62. The number of benzene rings is 2. The van der Waals surface area contributed by atoms with Crippen molar-refractivity contribution in [1.82, 2.24) is 4.90 Å². The average molecular weight is 284 g/mol. The molecule has 0 radical (unpaired) electrons. The number of rotatable bonds is 3. The smallest absolute Gasteiger partial charge is 0.126 e. The molecule has 1 aliphatic heterocycles. The van der Waals surface area contributed by atoms with Crippen LogP contribution in [0.2, 0.25) is 0 Å². The molecule has 2 aromatic carbocycles. The van der Waals surface area contributed by atoms with Gasteiger partial charge >= 0.3 is 0 Å². The van der Waals surface area contributed by atoms with Gasteiger partial charge in [0, 0.05) is 30.6 Å². The molecule has 21 heavy (non-hydrogen) atoms. The third kappa shape index (κ3) is 2.89. The first-order valence-electron chi connectivity index (χ1n) is 7.73. The molecule has 3 heteroatoms. The molecule has 1 fully saturated rings. The molecule has 0 saturated carbocycles. The number of likely N-dealkylation sites (tertiary alicyclic amines) is 1. The molecule has 1 heterocycles. The molecule has 2 aromatic rings. The van der Waals surface area contributed by atoms with Crippen molar-refractivity contribution < 1.29 is 4.74 Å². The number of hydrogen-bond donors (Lipinski definition) is 1. The normalized spacial score (nSPS) is 23.4. The summed E-state index contributed by atoms with van der Waals surface area (Å²) in [6, 6.07) is 13.7. The maximum atomic E-state index is 6.07. The standard InChI is InChI=1S/C18H24N2O/c1-13-11-15(19)9-10-20(13)12-14-7-8-18(21-2)17-6-4-3-5-16(14)17/h3-8,13,15H,9-12,19H2,1-2H3/t13-,15+/m1/s1. The zero-order valence-electron chi connectivity index (χ0n) is 12.9. The molecule has 0 bridgehead atoms. The summed E-state index contributed by atoms with van der Waals surface area (Å²) >= 11 is 0. The first-order valence-corrected chi connectivity index (χ1v) is 7.73. The molecule has 0 spiro atoms. The van der Waals surface area contributed by atoms with Crippen LogP contribution in [0.5, 0.6) is 5.75 Å².